The summed E-state index contributed by atoms with van der Waals surface area (Å²) in [5.74, 6) is -0.897. The van der Waals surface area contributed by atoms with Crippen molar-refractivity contribution in [2.24, 2.45) is 5.73 Å². The molecule has 0 amide bonds. The number of nitrogens with two attached hydrogens (primary N) is 1. The van der Waals surface area contributed by atoms with Gasteiger partial charge < -0.3 is 15.6 Å². The summed E-state index contributed by atoms with van der Waals surface area (Å²) in [5, 5.41) is 8.45. The van der Waals surface area contributed by atoms with Crippen LogP contribution in [0.3, 0.4) is 0 Å². The first-order valence-electron chi connectivity index (χ1n) is 8.30. The smallest absolute Gasteiger partial charge is 0.329 e. The fraction of sp³-hybridized carbons (Fsp3) is 0.611. The molecule has 0 heterocycles. The van der Waals surface area contributed by atoms with E-state index in [1.807, 2.05) is 0 Å². The molecule has 1 aromatic carbocycles. The average Bonchev–Trinajstić information content (AvgIpc) is 2.51. The Balaban J connectivity index is 0.00000484. The summed E-state index contributed by atoms with van der Waals surface area (Å²) < 4.78 is 5.02. The highest BCUT2D eigenvalue weighted by Crippen LogP contribution is 2.15. The van der Waals surface area contributed by atoms with Crippen LogP contribution >= 0.6 is 12.4 Å². The summed E-state index contributed by atoms with van der Waals surface area (Å²) in [7, 11) is 0. The molecule has 0 aromatic heterocycles. The molecule has 0 aliphatic rings. The molecule has 5 heteroatoms. The molecule has 0 bridgehead atoms. The number of carboxylic acid groups (broad SMARTS) is 1. The quantitative estimate of drug-likeness (QED) is 0.537. The van der Waals surface area contributed by atoms with Crippen LogP contribution in [0.5, 0.6) is 0 Å². The number of aryl methyl sites for hydroxylation is 2. The van der Waals surface area contributed by atoms with Crippen molar-refractivity contribution in [1.29, 1.82) is 0 Å². The van der Waals surface area contributed by atoms with Crippen molar-refractivity contribution >= 4 is 18.4 Å². The highest BCUT2D eigenvalue weighted by Gasteiger charge is 2.02. The molecule has 0 radical (unpaired) electrons. The van der Waals surface area contributed by atoms with E-state index in [0.717, 1.165) is 51.5 Å². The predicted octanol–water partition coefficient (Wildman–Crippen LogP) is 3.59. The van der Waals surface area contributed by atoms with Gasteiger partial charge in [-0.05, 0) is 56.2 Å². The number of halogens is 1. The second kappa shape index (κ2) is 14.5. The molecule has 132 valence electrons. The summed E-state index contributed by atoms with van der Waals surface area (Å²) in [6, 6.07) is 8.68. The van der Waals surface area contributed by atoms with Gasteiger partial charge in [-0.1, -0.05) is 37.1 Å². The highest BCUT2D eigenvalue weighted by atomic mass is 35.5. The summed E-state index contributed by atoms with van der Waals surface area (Å²) in [4.78, 5) is 10.3. The number of hydrogen-bond donors (Lipinski definition) is 2. The van der Waals surface area contributed by atoms with Crippen LogP contribution in [0.2, 0.25) is 0 Å². The van der Waals surface area contributed by atoms with Crippen molar-refractivity contribution in [3.05, 3.63) is 35.4 Å². The van der Waals surface area contributed by atoms with Crippen LogP contribution in [0, 0.1) is 0 Å². The van der Waals surface area contributed by atoms with E-state index < -0.39 is 5.97 Å². The van der Waals surface area contributed by atoms with Gasteiger partial charge >= 0.3 is 5.97 Å². The van der Waals surface area contributed by atoms with Gasteiger partial charge in [0.15, 0.2) is 0 Å². The first-order chi connectivity index (χ1) is 10.7. The molecule has 4 nitrogen and oxygen atoms in total. The van der Waals surface area contributed by atoms with Crippen LogP contribution in [-0.4, -0.2) is 30.8 Å². The highest BCUT2D eigenvalue weighted by molar-refractivity contribution is 5.85. The fourth-order valence-corrected chi connectivity index (χ4v) is 2.54. The maximum atomic E-state index is 10.3. The number of rotatable bonds is 13. The molecular weight excluding hydrogens is 314 g/mol. The second-order valence-corrected chi connectivity index (χ2v) is 5.63. The normalized spacial score (nSPS) is 10.3. The fourth-order valence-electron chi connectivity index (χ4n) is 2.54. The number of carbonyl (C=O) groups is 1. The Kier molecular flexibility index (Phi) is 13.8. The van der Waals surface area contributed by atoms with Crippen LogP contribution in [-0.2, 0) is 22.4 Å². The molecule has 0 aliphatic heterocycles. The molecule has 0 spiro atoms. The minimum absolute atomic E-state index is 0. The van der Waals surface area contributed by atoms with Gasteiger partial charge in [-0.15, -0.1) is 12.4 Å². The van der Waals surface area contributed by atoms with Crippen LogP contribution in [0.4, 0.5) is 0 Å². The number of hydrogen-bond acceptors (Lipinski definition) is 3. The molecule has 0 unspecified atom stereocenters. The third kappa shape index (κ3) is 11.1. The lowest BCUT2D eigenvalue weighted by molar-refractivity contribution is -0.142. The van der Waals surface area contributed by atoms with Gasteiger partial charge in [-0.3, -0.25) is 0 Å². The Morgan fingerprint density at radius 3 is 2.09 bits per heavy atom. The maximum Gasteiger partial charge on any atom is 0.329 e. The number of benzene rings is 1. The van der Waals surface area contributed by atoms with Crippen LogP contribution in [0.1, 0.15) is 49.7 Å². The minimum Gasteiger partial charge on any atom is -0.480 e. The topological polar surface area (TPSA) is 72.5 Å². The van der Waals surface area contributed by atoms with Gasteiger partial charge in [0.2, 0.25) is 0 Å². The molecule has 0 fully saturated rings. The minimum atomic E-state index is -0.897. The maximum absolute atomic E-state index is 10.3. The lowest BCUT2D eigenvalue weighted by atomic mass is 9.97. The van der Waals surface area contributed by atoms with Gasteiger partial charge in [0, 0.05) is 6.61 Å². The average molecular weight is 344 g/mol. The van der Waals surface area contributed by atoms with E-state index in [4.69, 9.17) is 15.6 Å². The van der Waals surface area contributed by atoms with Gasteiger partial charge in [0.05, 0.1) is 0 Å². The first-order valence-corrected chi connectivity index (χ1v) is 8.30. The zero-order valence-corrected chi connectivity index (χ0v) is 14.7. The van der Waals surface area contributed by atoms with E-state index in [0.29, 0.717) is 6.61 Å². The monoisotopic (exact) mass is 343 g/mol. The van der Waals surface area contributed by atoms with E-state index in [1.54, 1.807) is 0 Å². The Labute approximate surface area is 145 Å². The molecule has 0 aliphatic carbocycles. The zero-order valence-electron chi connectivity index (χ0n) is 13.8. The van der Waals surface area contributed by atoms with E-state index in [1.165, 1.54) is 17.5 Å². The van der Waals surface area contributed by atoms with Crippen molar-refractivity contribution < 1.29 is 14.6 Å². The predicted molar refractivity (Wildman–Crippen MR) is 96.3 cm³/mol. The van der Waals surface area contributed by atoms with Crippen molar-refractivity contribution in [3.8, 4) is 0 Å². The lowest BCUT2D eigenvalue weighted by Crippen LogP contribution is -2.07. The standard InChI is InChI=1S/C18H29NO3.ClH/c19-13-7-6-12-17-11-5-4-10-16(17)9-3-1-2-8-14-22-15-18(20)21;/h4-5,10-11H,1-3,6-9,12-15,19H2,(H,20,21);1H. The molecule has 0 atom stereocenters. The number of unbranched alkanes of at least 4 members (excludes halogenated alkanes) is 4. The third-order valence-corrected chi connectivity index (χ3v) is 3.73. The van der Waals surface area contributed by atoms with Crippen LogP contribution < -0.4 is 5.73 Å². The molecule has 3 N–H and O–H groups in total. The number of ether oxygens (including phenoxy) is 1. The number of carboxylic acids is 1. The Bertz CT molecular complexity index is 426. The van der Waals surface area contributed by atoms with Crippen LogP contribution in [0.15, 0.2) is 24.3 Å². The molecule has 0 saturated carbocycles. The van der Waals surface area contributed by atoms with E-state index in [-0.39, 0.29) is 19.0 Å². The molecule has 0 saturated heterocycles. The Morgan fingerprint density at radius 2 is 1.52 bits per heavy atom. The zero-order chi connectivity index (χ0) is 16.0. The van der Waals surface area contributed by atoms with Crippen molar-refractivity contribution in [3.63, 3.8) is 0 Å². The van der Waals surface area contributed by atoms with Gasteiger partial charge in [0.25, 0.3) is 0 Å². The first kappa shape index (κ1) is 21.9. The second-order valence-electron chi connectivity index (χ2n) is 5.63. The SMILES string of the molecule is Cl.NCCCCc1ccccc1CCCCCCOCC(=O)O. The van der Waals surface area contributed by atoms with E-state index >= 15 is 0 Å². The summed E-state index contributed by atoms with van der Waals surface area (Å²) in [6.07, 6.45) is 8.85. The van der Waals surface area contributed by atoms with Gasteiger partial charge in [-0.25, -0.2) is 4.79 Å². The molecule has 1 aromatic rings. The largest absolute Gasteiger partial charge is 0.480 e. The number of aliphatic carboxylic acids is 1. The van der Waals surface area contributed by atoms with E-state index in [2.05, 4.69) is 24.3 Å². The summed E-state index contributed by atoms with van der Waals surface area (Å²) >= 11 is 0. The Hall–Kier alpha value is -1.10. The van der Waals surface area contributed by atoms with Gasteiger partial charge in [0.1, 0.15) is 6.61 Å². The Morgan fingerprint density at radius 1 is 0.957 bits per heavy atom. The van der Waals surface area contributed by atoms with E-state index in [9.17, 15) is 4.79 Å². The molecular formula is C18H30ClNO3. The summed E-state index contributed by atoms with van der Waals surface area (Å²) in [6.45, 7) is 1.13. The molecule has 1 rings (SSSR count). The van der Waals surface area contributed by atoms with Crippen LogP contribution in [0.25, 0.3) is 0 Å². The van der Waals surface area contributed by atoms with Crippen molar-refractivity contribution in [1.82, 2.24) is 0 Å². The molecule has 23 heavy (non-hydrogen) atoms. The van der Waals surface area contributed by atoms with Gasteiger partial charge in [-0.2, -0.15) is 0 Å². The third-order valence-electron chi connectivity index (χ3n) is 3.73. The summed E-state index contributed by atoms with van der Waals surface area (Å²) in [5.41, 5.74) is 8.47. The van der Waals surface area contributed by atoms with Crippen molar-refractivity contribution in [2.75, 3.05) is 19.8 Å². The van der Waals surface area contributed by atoms with Crippen molar-refractivity contribution in [2.45, 2.75) is 51.4 Å². The lowest BCUT2D eigenvalue weighted by Gasteiger charge is -2.09.